The van der Waals surface area contributed by atoms with Crippen LogP contribution in [0.5, 0.6) is 5.75 Å². The molecule has 0 fully saturated rings. The van der Waals surface area contributed by atoms with Crippen molar-refractivity contribution in [3.05, 3.63) is 33.6 Å². The van der Waals surface area contributed by atoms with Crippen LogP contribution in [0.3, 0.4) is 0 Å². The van der Waals surface area contributed by atoms with Crippen molar-refractivity contribution < 1.29 is 29.4 Å². The predicted molar refractivity (Wildman–Crippen MR) is 54.9 cm³/mol. The highest BCUT2D eigenvalue weighted by molar-refractivity contribution is 5.79. The lowest BCUT2D eigenvalue weighted by Crippen LogP contribution is -2.34. The van der Waals surface area contributed by atoms with E-state index in [9.17, 15) is 24.4 Å². The third-order valence-corrected chi connectivity index (χ3v) is 2.20. The topological polar surface area (TPSA) is 147 Å². The number of rotatable bonds is 4. The minimum absolute atomic E-state index is 0.393. The number of hydrogen-bond donors (Lipinski definition) is 4. The lowest BCUT2D eigenvalue weighted by atomic mass is 10.0. The van der Waals surface area contributed by atoms with Gasteiger partial charge in [-0.3, -0.25) is 14.9 Å². The number of nitro groups is 1. The molecule has 0 aromatic heterocycles. The van der Waals surface area contributed by atoms with Crippen molar-refractivity contribution in [1.29, 1.82) is 0 Å². The van der Waals surface area contributed by atoms with E-state index in [1.165, 1.54) is 0 Å². The van der Waals surface area contributed by atoms with Gasteiger partial charge < -0.3 is 21.1 Å². The number of halogens is 1. The number of carbonyl (C=O) groups excluding carboxylic acids is 1. The minimum atomic E-state index is -2.12. The molecule has 98 valence electrons. The first-order valence-electron chi connectivity index (χ1n) is 4.58. The summed E-state index contributed by atoms with van der Waals surface area (Å²) >= 11 is 0. The fourth-order valence-electron chi connectivity index (χ4n) is 1.27. The van der Waals surface area contributed by atoms with Crippen LogP contribution in [0.25, 0.3) is 0 Å². The summed E-state index contributed by atoms with van der Waals surface area (Å²) in [6.07, 6.45) is -4.19. The molecule has 2 unspecified atom stereocenters. The van der Waals surface area contributed by atoms with Crippen LogP contribution in [0.1, 0.15) is 11.7 Å². The molecule has 5 N–H and O–H groups in total. The number of nitro benzene ring substituents is 1. The molecule has 1 aromatic carbocycles. The van der Waals surface area contributed by atoms with Gasteiger partial charge in [-0.15, -0.1) is 0 Å². The van der Waals surface area contributed by atoms with E-state index in [4.69, 9.17) is 15.9 Å². The van der Waals surface area contributed by atoms with Gasteiger partial charge in [-0.2, -0.15) is 0 Å². The summed E-state index contributed by atoms with van der Waals surface area (Å²) in [5, 5.41) is 38.2. The number of primary amides is 1. The van der Waals surface area contributed by atoms with E-state index in [0.29, 0.717) is 12.1 Å². The molecule has 0 spiro atoms. The number of aromatic hydroxyl groups is 1. The standard InChI is InChI=1S/C9H9FN2O6/c10-4-2-6(13)5(12(17)18)1-3(4)7(14)8(15)9(11)16/h1-2,7-8,13-15H,(H2,11,16). The highest BCUT2D eigenvalue weighted by Crippen LogP contribution is 2.32. The van der Waals surface area contributed by atoms with Crippen molar-refractivity contribution in [2.24, 2.45) is 5.73 Å². The molecule has 0 heterocycles. The maximum atomic E-state index is 13.4. The van der Waals surface area contributed by atoms with Crippen molar-refractivity contribution in [1.82, 2.24) is 0 Å². The first-order chi connectivity index (χ1) is 8.25. The van der Waals surface area contributed by atoms with E-state index in [1.807, 2.05) is 0 Å². The maximum Gasteiger partial charge on any atom is 0.311 e. The summed E-state index contributed by atoms with van der Waals surface area (Å²) in [6, 6.07) is 0.909. The molecule has 1 aromatic rings. The molecule has 1 rings (SSSR count). The molecule has 0 bridgehead atoms. The Morgan fingerprint density at radius 1 is 1.44 bits per heavy atom. The number of nitrogens with zero attached hydrogens (tertiary/aromatic N) is 1. The van der Waals surface area contributed by atoms with Gasteiger partial charge in [0.25, 0.3) is 0 Å². The second-order valence-corrected chi connectivity index (χ2v) is 3.41. The highest BCUT2D eigenvalue weighted by Gasteiger charge is 2.29. The van der Waals surface area contributed by atoms with Gasteiger partial charge in [-0.25, -0.2) is 4.39 Å². The summed E-state index contributed by atoms with van der Waals surface area (Å²) < 4.78 is 13.4. The van der Waals surface area contributed by atoms with Crippen LogP contribution in [0.15, 0.2) is 12.1 Å². The van der Waals surface area contributed by atoms with E-state index in [2.05, 4.69) is 0 Å². The highest BCUT2D eigenvalue weighted by atomic mass is 19.1. The summed E-state index contributed by atoms with van der Waals surface area (Å²) in [4.78, 5) is 20.1. The average molecular weight is 260 g/mol. The number of aliphatic hydroxyl groups is 2. The van der Waals surface area contributed by atoms with Gasteiger partial charge in [0, 0.05) is 17.7 Å². The second-order valence-electron chi connectivity index (χ2n) is 3.41. The van der Waals surface area contributed by atoms with Crippen molar-refractivity contribution >= 4 is 11.6 Å². The zero-order valence-corrected chi connectivity index (χ0v) is 8.78. The molecule has 18 heavy (non-hydrogen) atoms. The Hall–Kier alpha value is -2.26. The summed E-state index contributed by atoms with van der Waals surface area (Å²) in [5.74, 6) is -3.48. The van der Waals surface area contributed by atoms with Gasteiger partial charge >= 0.3 is 5.69 Å². The Morgan fingerprint density at radius 2 is 2.00 bits per heavy atom. The molecule has 0 saturated heterocycles. The van der Waals surface area contributed by atoms with Crippen LogP contribution in [-0.2, 0) is 4.79 Å². The minimum Gasteiger partial charge on any atom is -0.502 e. The lowest BCUT2D eigenvalue weighted by molar-refractivity contribution is -0.386. The molecule has 8 nitrogen and oxygen atoms in total. The van der Waals surface area contributed by atoms with Crippen molar-refractivity contribution in [2.75, 3.05) is 0 Å². The number of aliphatic hydroxyl groups excluding tert-OH is 2. The molecular weight excluding hydrogens is 251 g/mol. The second kappa shape index (κ2) is 4.94. The molecule has 0 aliphatic rings. The largest absolute Gasteiger partial charge is 0.502 e. The van der Waals surface area contributed by atoms with Crippen LogP contribution >= 0.6 is 0 Å². The van der Waals surface area contributed by atoms with Crippen LogP contribution < -0.4 is 5.73 Å². The molecule has 0 radical (unpaired) electrons. The van der Waals surface area contributed by atoms with Crippen LogP contribution in [0.2, 0.25) is 0 Å². The Morgan fingerprint density at radius 3 is 2.44 bits per heavy atom. The number of carbonyl (C=O) groups is 1. The molecule has 9 heteroatoms. The number of phenolic OH excluding ortho intramolecular Hbond substituents is 1. The van der Waals surface area contributed by atoms with E-state index >= 15 is 0 Å². The summed E-state index contributed by atoms with van der Waals surface area (Å²) in [7, 11) is 0. The van der Waals surface area contributed by atoms with Crippen LogP contribution in [-0.4, -0.2) is 32.3 Å². The molecule has 1 amide bonds. The van der Waals surface area contributed by atoms with E-state index in [-0.39, 0.29) is 0 Å². The molecule has 0 aliphatic heterocycles. The number of nitrogens with two attached hydrogens (primary N) is 1. The monoisotopic (exact) mass is 260 g/mol. The Kier molecular flexibility index (Phi) is 3.79. The molecule has 2 atom stereocenters. The van der Waals surface area contributed by atoms with E-state index in [0.717, 1.165) is 0 Å². The molecule has 0 aliphatic carbocycles. The van der Waals surface area contributed by atoms with Gasteiger partial charge in [0.15, 0.2) is 11.9 Å². The number of phenols is 1. The van der Waals surface area contributed by atoms with Crippen molar-refractivity contribution in [3.63, 3.8) is 0 Å². The first-order valence-corrected chi connectivity index (χ1v) is 4.58. The maximum absolute atomic E-state index is 13.4. The number of amides is 1. The van der Waals surface area contributed by atoms with E-state index < -0.39 is 45.9 Å². The van der Waals surface area contributed by atoms with Gasteiger partial charge in [-0.1, -0.05) is 0 Å². The molecular formula is C9H9FN2O6. The smallest absolute Gasteiger partial charge is 0.311 e. The van der Waals surface area contributed by atoms with Crippen molar-refractivity contribution in [2.45, 2.75) is 12.2 Å². The summed E-state index contributed by atoms with van der Waals surface area (Å²) in [6.45, 7) is 0. The number of benzene rings is 1. The summed E-state index contributed by atoms with van der Waals surface area (Å²) in [5.41, 5.74) is 3.11. The third-order valence-electron chi connectivity index (χ3n) is 2.20. The lowest BCUT2D eigenvalue weighted by Gasteiger charge is -2.15. The van der Waals surface area contributed by atoms with Crippen LogP contribution in [0, 0.1) is 15.9 Å². The zero-order chi connectivity index (χ0) is 14.0. The van der Waals surface area contributed by atoms with Gasteiger partial charge in [0.1, 0.15) is 11.9 Å². The average Bonchev–Trinajstić information content (AvgIpc) is 2.26. The quantitative estimate of drug-likeness (QED) is 0.416. The van der Waals surface area contributed by atoms with Gasteiger partial charge in [0.05, 0.1) is 4.92 Å². The zero-order valence-electron chi connectivity index (χ0n) is 8.78. The van der Waals surface area contributed by atoms with Crippen LogP contribution in [0.4, 0.5) is 10.1 Å². The van der Waals surface area contributed by atoms with E-state index in [1.54, 1.807) is 0 Å². The SMILES string of the molecule is NC(=O)C(O)C(O)c1cc([N+](=O)[O-])c(O)cc1F. The van der Waals surface area contributed by atoms with Crippen molar-refractivity contribution in [3.8, 4) is 5.75 Å². The number of hydrogen-bond acceptors (Lipinski definition) is 6. The van der Waals surface area contributed by atoms with Gasteiger partial charge in [-0.05, 0) is 0 Å². The normalized spacial score (nSPS) is 13.9. The first kappa shape index (κ1) is 13.8. The Labute approximate surface area is 99.2 Å². The Bertz CT molecular complexity index is 506. The Balaban J connectivity index is 3.28. The predicted octanol–water partition coefficient (Wildman–Crippen LogP) is -0.681. The third kappa shape index (κ3) is 2.52. The van der Waals surface area contributed by atoms with Gasteiger partial charge in [0.2, 0.25) is 5.91 Å². The fraction of sp³-hybridized carbons (Fsp3) is 0.222. The fourth-order valence-corrected chi connectivity index (χ4v) is 1.27. The molecule has 0 saturated carbocycles.